The van der Waals surface area contributed by atoms with Crippen molar-refractivity contribution in [3.05, 3.63) is 77.5 Å². The number of hydrogen-bond acceptors (Lipinski definition) is 5. The first-order chi connectivity index (χ1) is 17.1. The summed E-state index contributed by atoms with van der Waals surface area (Å²) in [6.45, 7) is 7.44. The highest BCUT2D eigenvalue weighted by Crippen LogP contribution is 2.34. The molecule has 35 heavy (non-hydrogen) atoms. The van der Waals surface area contributed by atoms with Gasteiger partial charge in [0.15, 0.2) is 0 Å². The number of fused-ring (bicyclic) bond motifs is 1. The van der Waals surface area contributed by atoms with Gasteiger partial charge in [0.1, 0.15) is 5.75 Å². The number of carbonyl (C=O) groups is 1. The minimum atomic E-state index is -0.147. The van der Waals surface area contributed by atoms with Crippen LogP contribution in [0.15, 0.2) is 60.7 Å². The van der Waals surface area contributed by atoms with Crippen molar-refractivity contribution in [3.63, 3.8) is 0 Å². The van der Waals surface area contributed by atoms with Gasteiger partial charge in [-0.15, -0.1) is 0 Å². The normalized spacial score (nSPS) is 17.1. The summed E-state index contributed by atoms with van der Waals surface area (Å²) in [7, 11) is 0. The van der Waals surface area contributed by atoms with Crippen molar-refractivity contribution < 1.29 is 9.53 Å². The predicted octanol–water partition coefficient (Wildman–Crippen LogP) is 5.58. The van der Waals surface area contributed by atoms with E-state index in [1.54, 1.807) is 0 Å². The zero-order chi connectivity index (χ0) is 24.2. The largest absolute Gasteiger partial charge is 0.438 e. The summed E-state index contributed by atoms with van der Waals surface area (Å²) in [5.41, 5.74) is 2.99. The Bertz CT molecular complexity index is 1140. The molecule has 2 aromatic carbocycles. The van der Waals surface area contributed by atoms with E-state index in [-0.39, 0.29) is 11.8 Å². The molecule has 0 radical (unpaired) electrons. The van der Waals surface area contributed by atoms with E-state index < -0.39 is 0 Å². The SMILES string of the molecule is CC[C@@H](C(=O)N1CCc2nc(N3CCC(C)CC3)nc(Oc3ccccc3)c2C1)c1ccccc1. The van der Waals surface area contributed by atoms with Gasteiger partial charge in [0.25, 0.3) is 0 Å². The Balaban J connectivity index is 1.45. The molecular weight excluding hydrogens is 436 g/mol. The molecule has 1 atom stereocenters. The number of carbonyl (C=O) groups excluding carboxylic acids is 1. The van der Waals surface area contributed by atoms with Gasteiger partial charge in [0.05, 0.1) is 23.7 Å². The average molecular weight is 471 g/mol. The van der Waals surface area contributed by atoms with E-state index >= 15 is 0 Å². The Morgan fingerprint density at radius 1 is 1.00 bits per heavy atom. The van der Waals surface area contributed by atoms with Crippen LogP contribution in [0.4, 0.5) is 5.95 Å². The van der Waals surface area contributed by atoms with Gasteiger partial charge >= 0.3 is 0 Å². The number of hydrogen-bond donors (Lipinski definition) is 0. The van der Waals surface area contributed by atoms with E-state index in [1.807, 2.05) is 65.6 Å². The molecule has 0 bridgehead atoms. The number of ether oxygens (including phenoxy) is 1. The molecule has 6 heteroatoms. The average Bonchev–Trinajstić information content (AvgIpc) is 2.90. The van der Waals surface area contributed by atoms with Crippen LogP contribution in [0.1, 0.15) is 55.8 Å². The molecule has 0 N–H and O–H groups in total. The third kappa shape index (κ3) is 5.16. The number of benzene rings is 2. The number of rotatable bonds is 6. The van der Waals surface area contributed by atoms with Crippen molar-refractivity contribution in [2.24, 2.45) is 5.92 Å². The molecule has 0 unspecified atom stereocenters. The zero-order valence-electron chi connectivity index (χ0n) is 20.7. The predicted molar refractivity (Wildman–Crippen MR) is 138 cm³/mol. The Morgan fingerprint density at radius 3 is 2.37 bits per heavy atom. The molecule has 1 amide bonds. The van der Waals surface area contributed by atoms with E-state index in [1.165, 1.54) is 0 Å². The van der Waals surface area contributed by atoms with Gasteiger partial charge in [-0.2, -0.15) is 4.98 Å². The van der Waals surface area contributed by atoms with Gasteiger partial charge in [0, 0.05) is 26.1 Å². The maximum atomic E-state index is 13.6. The van der Waals surface area contributed by atoms with Gasteiger partial charge in [0.2, 0.25) is 17.7 Å². The molecule has 1 saturated heterocycles. The van der Waals surface area contributed by atoms with Crippen LogP contribution in [0, 0.1) is 5.92 Å². The van der Waals surface area contributed by atoms with Crippen LogP contribution in [0.5, 0.6) is 11.6 Å². The van der Waals surface area contributed by atoms with E-state index in [2.05, 4.69) is 18.7 Å². The van der Waals surface area contributed by atoms with E-state index in [0.717, 1.165) is 66.8 Å². The second kappa shape index (κ2) is 10.5. The van der Waals surface area contributed by atoms with Crippen molar-refractivity contribution in [1.82, 2.24) is 14.9 Å². The lowest BCUT2D eigenvalue weighted by molar-refractivity contribution is -0.133. The summed E-state index contributed by atoms with van der Waals surface area (Å²) >= 11 is 0. The maximum absolute atomic E-state index is 13.6. The minimum absolute atomic E-state index is 0.147. The molecule has 5 rings (SSSR count). The lowest BCUT2D eigenvalue weighted by Crippen LogP contribution is -2.40. The summed E-state index contributed by atoms with van der Waals surface area (Å²) in [4.78, 5) is 27.7. The van der Waals surface area contributed by atoms with Crippen molar-refractivity contribution in [1.29, 1.82) is 0 Å². The van der Waals surface area contributed by atoms with Gasteiger partial charge in [-0.05, 0) is 42.9 Å². The lowest BCUT2D eigenvalue weighted by Gasteiger charge is -2.34. The molecule has 6 nitrogen and oxygen atoms in total. The molecule has 2 aliphatic heterocycles. The molecule has 0 saturated carbocycles. The molecule has 1 fully saturated rings. The summed E-state index contributed by atoms with van der Waals surface area (Å²) in [6, 6.07) is 19.8. The van der Waals surface area contributed by atoms with Gasteiger partial charge in [-0.1, -0.05) is 62.4 Å². The quantitative estimate of drug-likeness (QED) is 0.470. The van der Waals surface area contributed by atoms with E-state index in [9.17, 15) is 4.79 Å². The number of nitrogens with zero attached hydrogens (tertiary/aromatic N) is 4. The van der Waals surface area contributed by atoms with Crippen LogP contribution < -0.4 is 9.64 Å². The fourth-order valence-electron chi connectivity index (χ4n) is 5.05. The van der Waals surface area contributed by atoms with Crippen LogP contribution >= 0.6 is 0 Å². The zero-order valence-corrected chi connectivity index (χ0v) is 20.7. The summed E-state index contributed by atoms with van der Waals surface area (Å²) in [5, 5.41) is 0. The second-order valence-electron chi connectivity index (χ2n) is 9.72. The third-order valence-electron chi connectivity index (χ3n) is 7.25. The Labute approximate surface area is 208 Å². The van der Waals surface area contributed by atoms with Crippen LogP contribution in [-0.4, -0.2) is 40.4 Å². The Hall–Kier alpha value is -3.41. The van der Waals surface area contributed by atoms with Crippen molar-refractivity contribution in [2.45, 2.75) is 52.0 Å². The van der Waals surface area contributed by atoms with Gasteiger partial charge in [-0.3, -0.25) is 4.79 Å². The monoisotopic (exact) mass is 470 g/mol. The number of piperidine rings is 1. The van der Waals surface area contributed by atoms with Gasteiger partial charge < -0.3 is 14.5 Å². The van der Waals surface area contributed by atoms with Crippen LogP contribution in [0.3, 0.4) is 0 Å². The fraction of sp³-hybridized carbons (Fsp3) is 0.414. The first kappa shape index (κ1) is 23.3. The molecule has 3 heterocycles. The van der Waals surface area contributed by atoms with Crippen LogP contribution in [-0.2, 0) is 17.8 Å². The first-order valence-corrected chi connectivity index (χ1v) is 12.8. The summed E-state index contributed by atoms with van der Waals surface area (Å²) < 4.78 is 6.31. The van der Waals surface area contributed by atoms with Crippen molar-refractivity contribution in [2.75, 3.05) is 24.5 Å². The first-order valence-electron chi connectivity index (χ1n) is 12.8. The Kier molecular flexibility index (Phi) is 6.98. The van der Waals surface area contributed by atoms with E-state index in [4.69, 9.17) is 14.7 Å². The number of para-hydroxylation sites is 1. The minimum Gasteiger partial charge on any atom is -0.438 e. The molecule has 3 aromatic rings. The van der Waals surface area contributed by atoms with Gasteiger partial charge in [-0.25, -0.2) is 4.98 Å². The molecule has 1 aromatic heterocycles. The highest BCUT2D eigenvalue weighted by Gasteiger charge is 2.31. The Morgan fingerprint density at radius 2 is 1.69 bits per heavy atom. The smallest absolute Gasteiger partial charge is 0.230 e. The number of amides is 1. The molecular formula is C29H34N4O2. The molecule has 0 spiro atoms. The highest BCUT2D eigenvalue weighted by atomic mass is 16.5. The molecule has 2 aliphatic rings. The molecule has 0 aliphatic carbocycles. The van der Waals surface area contributed by atoms with Crippen LogP contribution in [0.2, 0.25) is 0 Å². The van der Waals surface area contributed by atoms with Crippen LogP contribution in [0.25, 0.3) is 0 Å². The summed E-state index contributed by atoms with van der Waals surface area (Å²) in [6.07, 6.45) is 3.77. The van der Waals surface area contributed by atoms with Crippen molar-refractivity contribution >= 4 is 11.9 Å². The van der Waals surface area contributed by atoms with E-state index in [0.29, 0.717) is 25.4 Å². The fourth-order valence-corrected chi connectivity index (χ4v) is 5.05. The summed E-state index contributed by atoms with van der Waals surface area (Å²) in [5.74, 6) is 2.80. The number of anilines is 1. The van der Waals surface area contributed by atoms with Crippen molar-refractivity contribution in [3.8, 4) is 11.6 Å². The topological polar surface area (TPSA) is 58.6 Å². The maximum Gasteiger partial charge on any atom is 0.230 e. The number of aromatic nitrogens is 2. The standard InChI is InChI=1S/C29H34N4O2/c1-3-24(22-10-6-4-7-11-22)28(34)33-19-16-26-25(20-33)27(35-23-12-8-5-9-13-23)31-29(30-26)32-17-14-21(2)15-18-32/h4-13,21,24H,3,14-20H2,1-2H3/t24-/m1/s1. The highest BCUT2D eigenvalue weighted by molar-refractivity contribution is 5.84. The lowest BCUT2D eigenvalue weighted by atomic mass is 9.94. The second-order valence-corrected chi connectivity index (χ2v) is 9.72. The molecule has 182 valence electrons. The third-order valence-corrected chi connectivity index (χ3v) is 7.25.